The van der Waals surface area contributed by atoms with Crippen LogP contribution in [0.1, 0.15) is 5.56 Å². The van der Waals surface area contributed by atoms with E-state index in [4.69, 9.17) is 14.9 Å². The largest absolute Gasteiger partial charge is 0.383 e. The molecule has 0 aliphatic rings. The molecule has 37 heavy (non-hydrogen) atoms. The summed E-state index contributed by atoms with van der Waals surface area (Å²) in [6, 6.07) is 18.8. The van der Waals surface area contributed by atoms with E-state index in [0.29, 0.717) is 49.1 Å². The molecule has 9 nitrogen and oxygen atoms in total. The molecule has 0 radical (unpaired) electrons. The summed E-state index contributed by atoms with van der Waals surface area (Å²) in [7, 11) is -0.456. The fourth-order valence-electron chi connectivity index (χ4n) is 3.43. The van der Waals surface area contributed by atoms with Gasteiger partial charge in [-0.25, -0.2) is 13.2 Å². The minimum Gasteiger partial charge on any atom is -0.383 e. The number of ether oxygens (including phenoxy) is 2. The number of amidine groups is 1. The monoisotopic (exact) mass is 588 g/mol. The van der Waals surface area contributed by atoms with Crippen LogP contribution >= 0.6 is 15.9 Å². The minimum absolute atomic E-state index is 0.124. The summed E-state index contributed by atoms with van der Waals surface area (Å²) in [5.41, 5.74) is 1.57. The maximum Gasteiger partial charge on any atom is 0.323 e. The van der Waals surface area contributed by atoms with Gasteiger partial charge in [0.2, 0.25) is 9.84 Å². The van der Waals surface area contributed by atoms with E-state index in [1.54, 1.807) is 50.6 Å². The topological polar surface area (TPSA) is 121 Å². The Labute approximate surface area is 225 Å². The van der Waals surface area contributed by atoms with Crippen molar-refractivity contribution in [3.63, 3.8) is 0 Å². The van der Waals surface area contributed by atoms with Crippen LogP contribution in [0.4, 0.5) is 16.2 Å². The van der Waals surface area contributed by atoms with Gasteiger partial charge in [0.15, 0.2) is 0 Å². The van der Waals surface area contributed by atoms with Crippen molar-refractivity contribution in [1.29, 1.82) is 5.41 Å². The van der Waals surface area contributed by atoms with Crippen molar-refractivity contribution in [1.82, 2.24) is 4.90 Å². The number of carbonyl (C=O) groups excluding carboxylic acids is 1. The van der Waals surface area contributed by atoms with E-state index in [9.17, 15) is 13.2 Å². The molecule has 0 unspecified atom stereocenters. The van der Waals surface area contributed by atoms with E-state index in [0.717, 1.165) is 4.47 Å². The number of nitrogens with one attached hydrogen (secondary N) is 3. The van der Waals surface area contributed by atoms with Gasteiger partial charge in [0, 0.05) is 48.7 Å². The SMILES string of the molecule is COCCN(CCOC)C(=N)c1cccc(NC(=O)Nc2ccc(S(=O)(=O)c3ccc(Br)cc3)cc2)c1. The van der Waals surface area contributed by atoms with Crippen LogP contribution in [-0.2, 0) is 19.3 Å². The number of anilines is 2. The normalized spacial score (nSPS) is 11.1. The first-order valence-corrected chi connectivity index (χ1v) is 13.6. The Kier molecular flexibility index (Phi) is 10.2. The van der Waals surface area contributed by atoms with E-state index in [-0.39, 0.29) is 9.79 Å². The lowest BCUT2D eigenvalue weighted by Gasteiger charge is -2.25. The summed E-state index contributed by atoms with van der Waals surface area (Å²) in [6.45, 7) is 2.00. The van der Waals surface area contributed by atoms with Gasteiger partial charge >= 0.3 is 6.03 Å². The molecular weight excluding hydrogens is 560 g/mol. The first-order chi connectivity index (χ1) is 17.7. The van der Waals surface area contributed by atoms with Crippen molar-refractivity contribution in [3.8, 4) is 0 Å². The van der Waals surface area contributed by atoms with Gasteiger partial charge in [-0.2, -0.15) is 0 Å². The van der Waals surface area contributed by atoms with Gasteiger partial charge in [0.25, 0.3) is 0 Å². The molecule has 0 fully saturated rings. The molecule has 0 aliphatic heterocycles. The van der Waals surface area contributed by atoms with Crippen molar-refractivity contribution >= 4 is 49.0 Å². The maximum absolute atomic E-state index is 12.8. The van der Waals surface area contributed by atoms with Gasteiger partial charge in [-0.05, 0) is 60.7 Å². The molecule has 3 rings (SSSR count). The Hall–Kier alpha value is -3.25. The van der Waals surface area contributed by atoms with Gasteiger partial charge < -0.3 is 25.0 Å². The molecular formula is C26H29BrN4O5S. The first-order valence-electron chi connectivity index (χ1n) is 11.3. The second kappa shape index (κ2) is 13.3. The molecule has 0 saturated carbocycles. The summed E-state index contributed by atoms with van der Waals surface area (Å²) in [5, 5.41) is 14.0. The lowest BCUT2D eigenvalue weighted by atomic mass is 10.1. The van der Waals surface area contributed by atoms with Crippen LogP contribution < -0.4 is 10.6 Å². The first kappa shape index (κ1) is 28.3. The second-order valence-corrected chi connectivity index (χ2v) is 10.8. The maximum atomic E-state index is 12.8. The number of carbonyl (C=O) groups is 1. The Morgan fingerprint density at radius 1 is 0.865 bits per heavy atom. The third-order valence-corrected chi connectivity index (χ3v) is 7.70. The number of amides is 2. The predicted octanol–water partition coefficient (Wildman–Crippen LogP) is 4.85. The molecule has 3 aromatic carbocycles. The highest BCUT2D eigenvalue weighted by Crippen LogP contribution is 2.24. The molecule has 0 aliphatic carbocycles. The second-order valence-electron chi connectivity index (χ2n) is 7.96. The van der Waals surface area contributed by atoms with Crippen molar-refractivity contribution in [2.24, 2.45) is 0 Å². The van der Waals surface area contributed by atoms with E-state index < -0.39 is 15.9 Å². The van der Waals surface area contributed by atoms with Crippen molar-refractivity contribution in [2.45, 2.75) is 9.79 Å². The number of rotatable bonds is 11. The Morgan fingerprint density at radius 2 is 1.41 bits per heavy atom. The lowest BCUT2D eigenvalue weighted by molar-refractivity contribution is 0.146. The number of halogens is 1. The molecule has 0 aromatic heterocycles. The van der Waals surface area contributed by atoms with Crippen LogP contribution in [-0.4, -0.2) is 65.7 Å². The zero-order valence-electron chi connectivity index (χ0n) is 20.5. The van der Waals surface area contributed by atoms with Crippen LogP contribution in [0.5, 0.6) is 0 Å². The summed E-state index contributed by atoms with van der Waals surface area (Å²) >= 11 is 3.30. The number of hydrogen-bond donors (Lipinski definition) is 3. The van der Waals surface area contributed by atoms with Crippen LogP contribution in [0.25, 0.3) is 0 Å². The van der Waals surface area contributed by atoms with Crippen molar-refractivity contribution in [2.75, 3.05) is 51.2 Å². The van der Waals surface area contributed by atoms with Crippen LogP contribution in [0.15, 0.2) is 87.1 Å². The fraction of sp³-hybridized carbons (Fsp3) is 0.231. The quantitative estimate of drug-likeness (QED) is 0.217. The number of methoxy groups -OCH3 is 2. The fourth-order valence-corrected chi connectivity index (χ4v) is 4.95. The Balaban J connectivity index is 1.65. The standard InChI is InChI=1S/C26H29BrN4O5S/c1-35-16-14-31(15-17-36-2)25(28)19-4-3-5-22(18-19)30-26(32)29-21-8-12-24(13-9-21)37(33,34)23-10-6-20(27)7-11-23/h3-13,18,28H,14-17H2,1-2H3,(H2,29,30,32). The molecule has 0 atom stereocenters. The molecule has 196 valence electrons. The summed E-state index contributed by atoms with van der Waals surface area (Å²) in [5.74, 6) is 0.292. The van der Waals surface area contributed by atoms with E-state index in [2.05, 4.69) is 26.6 Å². The molecule has 0 heterocycles. The molecule has 11 heteroatoms. The molecule has 2 amide bonds. The number of benzene rings is 3. The van der Waals surface area contributed by atoms with Crippen LogP contribution in [0.3, 0.4) is 0 Å². The van der Waals surface area contributed by atoms with Crippen LogP contribution in [0, 0.1) is 5.41 Å². The lowest BCUT2D eigenvalue weighted by Crippen LogP contribution is -2.36. The Bertz CT molecular complexity index is 1310. The van der Waals surface area contributed by atoms with Gasteiger partial charge in [-0.3, -0.25) is 5.41 Å². The third-order valence-electron chi connectivity index (χ3n) is 5.39. The molecule has 3 N–H and O–H groups in total. The van der Waals surface area contributed by atoms with Crippen LogP contribution in [0.2, 0.25) is 0 Å². The summed E-state index contributed by atoms with van der Waals surface area (Å²) < 4.78 is 36.7. The van der Waals surface area contributed by atoms with E-state index in [1.807, 2.05) is 4.90 Å². The van der Waals surface area contributed by atoms with E-state index >= 15 is 0 Å². The highest BCUT2D eigenvalue weighted by molar-refractivity contribution is 9.10. The Morgan fingerprint density at radius 3 is 1.97 bits per heavy atom. The predicted molar refractivity (Wildman–Crippen MR) is 147 cm³/mol. The van der Waals surface area contributed by atoms with Gasteiger partial charge in [0.1, 0.15) is 5.84 Å². The van der Waals surface area contributed by atoms with Gasteiger partial charge in [0.05, 0.1) is 23.0 Å². The molecule has 0 spiro atoms. The number of nitrogens with zero attached hydrogens (tertiary/aromatic N) is 1. The highest BCUT2D eigenvalue weighted by atomic mass is 79.9. The molecule has 0 saturated heterocycles. The summed E-state index contributed by atoms with van der Waals surface area (Å²) in [4.78, 5) is 14.7. The zero-order chi connectivity index (χ0) is 26.8. The summed E-state index contributed by atoms with van der Waals surface area (Å²) in [6.07, 6.45) is 0. The van der Waals surface area contributed by atoms with Gasteiger partial charge in [-0.15, -0.1) is 0 Å². The van der Waals surface area contributed by atoms with E-state index in [1.165, 1.54) is 36.4 Å². The number of sulfone groups is 1. The number of urea groups is 1. The molecule has 0 bridgehead atoms. The smallest absolute Gasteiger partial charge is 0.323 e. The minimum atomic E-state index is -3.67. The average Bonchev–Trinajstić information content (AvgIpc) is 2.89. The van der Waals surface area contributed by atoms with Gasteiger partial charge in [-0.1, -0.05) is 28.1 Å². The zero-order valence-corrected chi connectivity index (χ0v) is 22.9. The third kappa shape index (κ3) is 7.86. The van der Waals surface area contributed by atoms with Crippen molar-refractivity contribution in [3.05, 3.63) is 82.8 Å². The average molecular weight is 590 g/mol. The van der Waals surface area contributed by atoms with Crippen molar-refractivity contribution < 1.29 is 22.7 Å². The highest BCUT2D eigenvalue weighted by Gasteiger charge is 2.18. The molecule has 3 aromatic rings. The number of hydrogen-bond acceptors (Lipinski definition) is 6.